The summed E-state index contributed by atoms with van der Waals surface area (Å²) in [7, 11) is 1.85. The van der Waals surface area contributed by atoms with E-state index < -0.39 is 0 Å². The molecule has 0 amide bonds. The molecule has 0 saturated carbocycles. The van der Waals surface area contributed by atoms with E-state index in [1.807, 2.05) is 39.1 Å². The molecule has 0 saturated heterocycles. The summed E-state index contributed by atoms with van der Waals surface area (Å²) in [5, 5.41) is 17.7. The number of benzene rings is 1. The summed E-state index contributed by atoms with van der Waals surface area (Å²) in [5.74, 6) is 1.15. The number of nitrogens with zero attached hydrogens (tertiary/aromatic N) is 3. The van der Waals surface area contributed by atoms with Gasteiger partial charge in [-0.05, 0) is 18.9 Å². The minimum atomic E-state index is 0.0471. The first-order valence-corrected chi connectivity index (χ1v) is 6.50. The fourth-order valence-corrected chi connectivity index (χ4v) is 1.98. The zero-order valence-corrected chi connectivity index (χ0v) is 11.6. The van der Waals surface area contributed by atoms with Crippen LogP contribution in [0.1, 0.15) is 36.8 Å². The summed E-state index contributed by atoms with van der Waals surface area (Å²) in [6.45, 7) is 4.64. The Balaban J connectivity index is 2.02. The van der Waals surface area contributed by atoms with Crippen molar-refractivity contribution in [1.82, 2.24) is 20.1 Å². The van der Waals surface area contributed by atoms with Gasteiger partial charge in [-0.15, -0.1) is 0 Å². The second kappa shape index (κ2) is 5.84. The Morgan fingerprint density at radius 2 is 2.11 bits per heavy atom. The predicted octanol–water partition coefficient (Wildman–Crippen LogP) is 1.93. The maximum atomic E-state index is 10.1. The molecular formula is C14H20N4O. The van der Waals surface area contributed by atoms with Gasteiger partial charge in [0.25, 0.3) is 0 Å². The van der Waals surface area contributed by atoms with E-state index in [4.69, 9.17) is 0 Å². The Morgan fingerprint density at radius 1 is 1.37 bits per heavy atom. The van der Waals surface area contributed by atoms with Gasteiger partial charge in [0.1, 0.15) is 12.1 Å². The van der Waals surface area contributed by atoms with Crippen molar-refractivity contribution in [3.63, 3.8) is 0 Å². The summed E-state index contributed by atoms with van der Waals surface area (Å²) >= 11 is 0. The first kappa shape index (κ1) is 13.5. The SMILES string of the molecule is CCc1cccc(CNC(C)c2ncn(C)n2)c1O. The summed E-state index contributed by atoms with van der Waals surface area (Å²) in [4.78, 5) is 4.21. The normalized spacial score (nSPS) is 12.6. The Kier molecular flexibility index (Phi) is 4.16. The second-order valence-electron chi connectivity index (χ2n) is 4.66. The van der Waals surface area contributed by atoms with Crippen LogP contribution in [0.4, 0.5) is 0 Å². The van der Waals surface area contributed by atoms with Crippen molar-refractivity contribution in [2.24, 2.45) is 7.05 Å². The number of nitrogens with one attached hydrogen (secondary N) is 1. The van der Waals surface area contributed by atoms with Crippen LogP contribution >= 0.6 is 0 Å². The van der Waals surface area contributed by atoms with Gasteiger partial charge in [0.15, 0.2) is 5.82 Å². The summed E-state index contributed by atoms with van der Waals surface area (Å²) in [6, 6.07) is 5.90. The number of hydrogen-bond donors (Lipinski definition) is 2. The van der Waals surface area contributed by atoms with Crippen molar-refractivity contribution < 1.29 is 5.11 Å². The fourth-order valence-electron chi connectivity index (χ4n) is 1.98. The van der Waals surface area contributed by atoms with Crippen LogP contribution in [0, 0.1) is 0 Å². The highest BCUT2D eigenvalue weighted by atomic mass is 16.3. The Hall–Kier alpha value is -1.88. The molecule has 1 aromatic heterocycles. The molecule has 5 nitrogen and oxygen atoms in total. The van der Waals surface area contributed by atoms with Gasteiger partial charge in [0.05, 0.1) is 6.04 Å². The van der Waals surface area contributed by atoms with Gasteiger partial charge in [-0.1, -0.05) is 25.1 Å². The van der Waals surface area contributed by atoms with Crippen molar-refractivity contribution in [3.05, 3.63) is 41.5 Å². The molecule has 1 unspecified atom stereocenters. The fraction of sp³-hybridized carbons (Fsp3) is 0.429. The molecule has 102 valence electrons. The van der Waals surface area contributed by atoms with Gasteiger partial charge >= 0.3 is 0 Å². The largest absolute Gasteiger partial charge is 0.507 e. The maximum Gasteiger partial charge on any atom is 0.167 e. The molecule has 0 aliphatic carbocycles. The molecule has 0 radical (unpaired) electrons. The molecule has 0 fully saturated rings. The van der Waals surface area contributed by atoms with Crippen LogP contribution in [0.25, 0.3) is 0 Å². The van der Waals surface area contributed by atoms with Crippen molar-refractivity contribution in [3.8, 4) is 5.75 Å². The number of phenols is 1. The maximum absolute atomic E-state index is 10.1. The van der Waals surface area contributed by atoms with Crippen LogP contribution in [0.2, 0.25) is 0 Å². The van der Waals surface area contributed by atoms with Crippen LogP contribution in [0.15, 0.2) is 24.5 Å². The molecule has 0 spiro atoms. The third-order valence-electron chi connectivity index (χ3n) is 3.19. The lowest BCUT2D eigenvalue weighted by molar-refractivity contribution is 0.452. The summed E-state index contributed by atoms with van der Waals surface area (Å²) < 4.78 is 1.68. The highest BCUT2D eigenvalue weighted by molar-refractivity contribution is 5.40. The van der Waals surface area contributed by atoms with Crippen LogP contribution in [0.3, 0.4) is 0 Å². The lowest BCUT2D eigenvalue weighted by Gasteiger charge is -2.13. The van der Waals surface area contributed by atoms with Crippen molar-refractivity contribution in [2.75, 3.05) is 0 Å². The van der Waals surface area contributed by atoms with E-state index in [9.17, 15) is 5.11 Å². The summed E-state index contributed by atoms with van der Waals surface area (Å²) in [6.07, 6.45) is 2.51. The molecule has 2 rings (SSSR count). The van der Waals surface area contributed by atoms with Gasteiger partial charge < -0.3 is 10.4 Å². The topological polar surface area (TPSA) is 63.0 Å². The van der Waals surface area contributed by atoms with Gasteiger partial charge in [-0.2, -0.15) is 5.10 Å². The summed E-state index contributed by atoms with van der Waals surface area (Å²) in [5.41, 5.74) is 1.88. The van der Waals surface area contributed by atoms with Gasteiger partial charge in [-0.25, -0.2) is 4.98 Å². The zero-order chi connectivity index (χ0) is 13.8. The molecule has 5 heteroatoms. The van der Waals surface area contributed by atoms with E-state index in [0.717, 1.165) is 23.4 Å². The van der Waals surface area contributed by atoms with E-state index in [0.29, 0.717) is 12.3 Å². The predicted molar refractivity (Wildman–Crippen MR) is 73.7 cm³/mol. The first-order valence-electron chi connectivity index (χ1n) is 6.50. The van der Waals surface area contributed by atoms with E-state index in [2.05, 4.69) is 15.4 Å². The lowest BCUT2D eigenvalue weighted by atomic mass is 10.1. The standard InChI is InChI=1S/C14H20N4O/c1-4-11-6-5-7-12(13(11)19)8-15-10(2)14-16-9-18(3)17-14/h5-7,9-10,15,19H,4,8H2,1-3H3. The number of phenolic OH excluding ortho intramolecular Hbond substituents is 1. The number of aromatic hydroxyl groups is 1. The lowest BCUT2D eigenvalue weighted by Crippen LogP contribution is -2.19. The highest BCUT2D eigenvalue weighted by Gasteiger charge is 2.11. The molecule has 1 heterocycles. The highest BCUT2D eigenvalue weighted by Crippen LogP contribution is 2.23. The number of hydrogen-bond acceptors (Lipinski definition) is 4. The first-order chi connectivity index (χ1) is 9.11. The third-order valence-corrected chi connectivity index (χ3v) is 3.19. The van der Waals surface area contributed by atoms with Crippen molar-refractivity contribution in [2.45, 2.75) is 32.9 Å². The van der Waals surface area contributed by atoms with Crippen molar-refractivity contribution >= 4 is 0 Å². The quantitative estimate of drug-likeness (QED) is 0.862. The molecule has 2 N–H and O–H groups in total. The molecule has 19 heavy (non-hydrogen) atoms. The second-order valence-corrected chi connectivity index (χ2v) is 4.66. The van der Waals surface area contributed by atoms with Crippen molar-refractivity contribution in [1.29, 1.82) is 0 Å². The molecule has 1 atom stereocenters. The van der Waals surface area contributed by atoms with Crippen LogP contribution in [0.5, 0.6) is 5.75 Å². The Bertz CT molecular complexity index is 550. The Labute approximate surface area is 113 Å². The molecular weight excluding hydrogens is 240 g/mol. The minimum absolute atomic E-state index is 0.0471. The van der Waals surface area contributed by atoms with E-state index >= 15 is 0 Å². The average molecular weight is 260 g/mol. The van der Waals surface area contributed by atoms with Crippen LogP contribution in [-0.2, 0) is 20.0 Å². The molecule has 1 aromatic carbocycles. The monoisotopic (exact) mass is 260 g/mol. The average Bonchev–Trinajstić information content (AvgIpc) is 2.84. The van der Waals surface area contributed by atoms with E-state index in [-0.39, 0.29) is 6.04 Å². The number of aromatic nitrogens is 3. The van der Waals surface area contributed by atoms with E-state index in [1.165, 1.54) is 0 Å². The molecule has 2 aromatic rings. The molecule has 0 bridgehead atoms. The zero-order valence-electron chi connectivity index (χ0n) is 11.6. The number of rotatable bonds is 5. The van der Waals surface area contributed by atoms with Gasteiger partial charge in [0, 0.05) is 19.2 Å². The Morgan fingerprint density at radius 3 is 2.74 bits per heavy atom. The van der Waals surface area contributed by atoms with Gasteiger partial charge in [-0.3, -0.25) is 4.68 Å². The van der Waals surface area contributed by atoms with Gasteiger partial charge in [0.2, 0.25) is 0 Å². The molecule has 0 aliphatic rings. The minimum Gasteiger partial charge on any atom is -0.507 e. The third kappa shape index (κ3) is 3.12. The number of aryl methyl sites for hydroxylation is 2. The smallest absolute Gasteiger partial charge is 0.167 e. The van der Waals surface area contributed by atoms with E-state index in [1.54, 1.807) is 11.0 Å². The van der Waals surface area contributed by atoms with Crippen LogP contribution in [-0.4, -0.2) is 19.9 Å². The number of para-hydroxylation sites is 1. The van der Waals surface area contributed by atoms with Crippen LogP contribution < -0.4 is 5.32 Å². The molecule has 0 aliphatic heterocycles.